The normalized spacial score (nSPS) is 18.0. The lowest BCUT2D eigenvalue weighted by Gasteiger charge is -2.27. The molecule has 0 unspecified atom stereocenters. The Morgan fingerprint density at radius 2 is 2.39 bits per heavy atom. The Morgan fingerprint density at radius 1 is 1.57 bits per heavy atom. The number of aryl methyl sites for hydroxylation is 2. The van der Waals surface area contributed by atoms with Crippen molar-refractivity contribution in [3.8, 4) is 6.07 Å². The first-order chi connectivity index (χ1) is 11.1. The lowest BCUT2D eigenvalue weighted by molar-refractivity contribution is -0.118. The summed E-state index contributed by atoms with van der Waals surface area (Å²) in [5, 5.41) is 25.8. The van der Waals surface area contributed by atoms with Crippen molar-refractivity contribution in [1.82, 2.24) is 20.1 Å². The molecule has 0 fully saturated rings. The third-order valence-electron chi connectivity index (χ3n) is 4.03. The molecule has 3 rings (SSSR count). The summed E-state index contributed by atoms with van der Waals surface area (Å²) in [7, 11) is 0. The van der Waals surface area contributed by atoms with Gasteiger partial charge in [0.25, 0.3) is 0 Å². The molecule has 1 amide bonds. The van der Waals surface area contributed by atoms with Gasteiger partial charge in [0.2, 0.25) is 5.91 Å². The summed E-state index contributed by atoms with van der Waals surface area (Å²) in [4.78, 5) is 12.3. The zero-order chi connectivity index (χ0) is 16.4. The van der Waals surface area contributed by atoms with Crippen molar-refractivity contribution in [2.24, 2.45) is 0 Å². The summed E-state index contributed by atoms with van der Waals surface area (Å²) >= 11 is 1.36. The molecule has 0 aliphatic carbocycles. The molecule has 8 heteroatoms. The average molecular weight is 330 g/mol. The Labute approximate surface area is 138 Å². The molecule has 23 heavy (non-hydrogen) atoms. The molecular formula is C15H18N6OS. The number of amides is 1. The maximum Gasteiger partial charge on any atom is 0.241 e. The van der Waals surface area contributed by atoms with E-state index in [1.54, 1.807) is 11.4 Å². The number of carbonyl (C=O) groups excluding carboxylic acids is 1. The number of nitrogens with zero attached hydrogens (tertiary/aromatic N) is 4. The zero-order valence-corrected chi connectivity index (χ0v) is 13.9. The number of nitrogens with one attached hydrogen (secondary N) is 2. The zero-order valence-electron chi connectivity index (χ0n) is 13.0. The predicted octanol–water partition coefficient (Wildman–Crippen LogP) is 1.45. The standard InChI is InChI=1S/C15H18N6OS/c1-9(14(22)18-15-11(7-16)5-6-23-15)17-12-3-4-13-20-19-10(2)21(13)8-12/h5-6,9,12,17H,3-4,8H2,1-2H3,(H,18,22)/t9-,12+/m0/s1. The molecule has 2 N–H and O–H groups in total. The van der Waals surface area contributed by atoms with Crippen LogP contribution in [0, 0.1) is 18.3 Å². The number of rotatable bonds is 4. The maximum atomic E-state index is 12.3. The van der Waals surface area contributed by atoms with Crippen molar-refractivity contribution in [2.45, 2.75) is 45.3 Å². The van der Waals surface area contributed by atoms with Crippen LogP contribution in [0.3, 0.4) is 0 Å². The van der Waals surface area contributed by atoms with Crippen LogP contribution >= 0.6 is 11.3 Å². The van der Waals surface area contributed by atoms with E-state index in [0.29, 0.717) is 10.6 Å². The van der Waals surface area contributed by atoms with Crippen LogP contribution in [0.5, 0.6) is 0 Å². The molecule has 3 heterocycles. The second kappa shape index (κ2) is 6.48. The average Bonchev–Trinajstić information content (AvgIpc) is 3.14. The summed E-state index contributed by atoms with van der Waals surface area (Å²) in [6, 6.07) is 3.64. The van der Waals surface area contributed by atoms with Crippen LogP contribution in [0.15, 0.2) is 11.4 Å². The minimum atomic E-state index is -0.341. The van der Waals surface area contributed by atoms with Crippen molar-refractivity contribution < 1.29 is 4.79 Å². The highest BCUT2D eigenvalue weighted by atomic mass is 32.1. The van der Waals surface area contributed by atoms with Gasteiger partial charge in [-0.1, -0.05) is 0 Å². The Hall–Kier alpha value is -2.24. The first kappa shape index (κ1) is 15.6. The number of aromatic nitrogens is 3. The van der Waals surface area contributed by atoms with E-state index in [9.17, 15) is 4.79 Å². The Balaban J connectivity index is 1.59. The van der Waals surface area contributed by atoms with E-state index < -0.39 is 0 Å². The fraction of sp³-hybridized carbons (Fsp3) is 0.467. The third-order valence-corrected chi connectivity index (χ3v) is 4.86. The van der Waals surface area contributed by atoms with Crippen LogP contribution in [0.2, 0.25) is 0 Å². The lowest BCUT2D eigenvalue weighted by atomic mass is 10.1. The first-order valence-electron chi connectivity index (χ1n) is 7.51. The predicted molar refractivity (Wildman–Crippen MR) is 87.1 cm³/mol. The van der Waals surface area contributed by atoms with Crippen molar-refractivity contribution in [1.29, 1.82) is 5.26 Å². The second-order valence-electron chi connectivity index (χ2n) is 5.66. The summed E-state index contributed by atoms with van der Waals surface area (Å²) in [5.74, 6) is 1.78. The molecule has 1 aliphatic rings. The fourth-order valence-electron chi connectivity index (χ4n) is 2.74. The van der Waals surface area contributed by atoms with Gasteiger partial charge in [-0.15, -0.1) is 21.5 Å². The molecule has 7 nitrogen and oxygen atoms in total. The molecule has 0 spiro atoms. The number of hydrogen-bond donors (Lipinski definition) is 2. The minimum absolute atomic E-state index is 0.129. The molecule has 0 radical (unpaired) electrons. The maximum absolute atomic E-state index is 12.3. The number of fused-ring (bicyclic) bond motifs is 1. The van der Waals surface area contributed by atoms with Crippen molar-refractivity contribution in [3.63, 3.8) is 0 Å². The van der Waals surface area contributed by atoms with Gasteiger partial charge in [-0.25, -0.2) is 0 Å². The molecule has 0 saturated heterocycles. The first-order valence-corrected chi connectivity index (χ1v) is 8.39. The molecule has 0 aromatic carbocycles. The van der Waals surface area contributed by atoms with E-state index in [1.807, 2.05) is 13.8 Å². The molecule has 2 atom stereocenters. The van der Waals surface area contributed by atoms with Crippen molar-refractivity contribution >= 4 is 22.2 Å². The van der Waals surface area contributed by atoms with Crippen LogP contribution < -0.4 is 10.6 Å². The highest BCUT2D eigenvalue weighted by molar-refractivity contribution is 7.14. The second-order valence-corrected chi connectivity index (χ2v) is 6.58. The van der Waals surface area contributed by atoms with Gasteiger partial charge in [0.05, 0.1) is 11.6 Å². The SMILES string of the molecule is Cc1nnc2n1C[C@H](N[C@@H](C)C(=O)Nc1sccc1C#N)CC2. The molecule has 120 valence electrons. The van der Waals surface area contributed by atoms with E-state index in [-0.39, 0.29) is 18.0 Å². The number of anilines is 1. The third kappa shape index (κ3) is 3.25. The number of thiophene rings is 1. The van der Waals surface area contributed by atoms with E-state index in [0.717, 1.165) is 31.0 Å². The van der Waals surface area contributed by atoms with Crippen molar-refractivity contribution in [2.75, 3.05) is 5.32 Å². The van der Waals surface area contributed by atoms with Crippen molar-refractivity contribution in [3.05, 3.63) is 28.7 Å². The highest BCUT2D eigenvalue weighted by Gasteiger charge is 2.25. The van der Waals surface area contributed by atoms with Gasteiger partial charge in [0, 0.05) is 19.0 Å². The quantitative estimate of drug-likeness (QED) is 0.884. The largest absolute Gasteiger partial charge is 0.315 e. The van der Waals surface area contributed by atoms with Crippen LogP contribution in [-0.2, 0) is 17.8 Å². The summed E-state index contributed by atoms with van der Waals surface area (Å²) < 4.78 is 2.10. The van der Waals surface area contributed by atoms with Gasteiger partial charge >= 0.3 is 0 Å². The number of carbonyl (C=O) groups is 1. The Kier molecular flexibility index (Phi) is 4.41. The van der Waals surface area contributed by atoms with E-state index in [1.165, 1.54) is 11.3 Å². The Morgan fingerprint density at radius 3 is 3.17 bits per heavy atom. The number of nitriles is 1. The topological polar surface area (TPSA) is 95.6 Å². The van der Waals surface area contributed by atoms with Crippen LogP contribution in [-0.4, -0.2) is 32.8 Å². The van der Waals surface area contributed by atoms with Gasteiger partial charge in [0.15, 0.2) is 0 Å². The molecule has 2 aromatic rings. The molecule has 2 aromatic heterocycles. The smallest absolute Gasteiger partial charge is 0.241 e. The molecule has 0 saturated carbocycles. The minimum Gasteiger partial charge on any atom is -0.315 e. The van der Waals surface area contributed by atoms with Crippen LogP contribution in [0.1, 0.15) is 30.6 Å². The van der Waals surface area contributed by atoms with Crippen LogP contribution in [0.4, 0.5) is 5.00 Å². The van der Waals surface area contributed by atoms with Gasteiger partial charge in [-0.2, -0.15) is 5.26 Å². The fourth-order valence-corrected chi connectivity index (χ4v) is 3.48. The highest BCUT2D eigenvalue weighted by Crippen LogP contribution is 2.22. The van der Waals surface area contributed by atoms with E-state index in [2.05, 4.69) is 31.5 Å². The summed E-state index contributed by atoms with van der Waals surface area (Å²) in [5.41, 5.74) is 0.498. The molecule has 0 bridgehead atoms. The van der Waals surface area contributed by atoms with Gasteiger partial charge in [-0.3, -0.25) is 4.79 Å². The summed E-state index contributed by atoms with van der Waals surface area (Å²) in [6.07, 6.45) is 1.79. The molecule has 1 aliphatic heterocycles. The van der Waals surface area contributed by atoms with Crippen LogP contribution in [0.25, 0.3) is 0 Å². The molecular weight excluding hydrogens is 312 g/mol. The lowest BCUT2D eigenvalue weighted by Crippen LogP contribution is -2.47. The van der Waals surface area contributed by atoms with E-state index >= 15 is 0 Å². The number of hydrogen-bond acceptors (Lipinski definition) is 6. The van der Waals surface area contributed by atoms with Gasteiger partial charge in [-0.05, 0) is 31.7 Å². The summed E-state index contributed by atoms with van der Waals surface area (Å²) in [6.45, 7) is 4.55. The Bertz CT molecular complexity index is 758. The van der Waals surface area contributed by atoms with Gasteiger partial charge in [0.1, 0.15) is 22.7 Å². The van der Waals surface area contributed by atoms with Gasteiger partial charge < -0.3 is 15.2 Å². The van der Waals surface area contributed by atoms with E-state index in [4.69, 9.17) is 5.26 Å². The monoisotopic (exact) mass is 330 g/mol.